The topological polar surface area (TPSA) is 154 Å². The lowest BCUT2D eigenvalue weighted by Crippen LogP contribution is -2.62. The van der Waals surface area contributed by atoms with Crippen LogP contribution in [0.2, 0.25) is 0 Å². The van der Waals surface area contributed by atoms with Gasteiger partial charge in [0.25, 0.3) is 0 Å². The van der Waals surface area contributed by atoms with Crippen molar-refractivity contribution in [3.63, 3.8) is 0 Å². The van der Waals surface area contributed by atoms with Gasteiger partial charge in [0.15, 0.2) is 0 Å². The Morgan fingerprint density at radius 3 is 1.78 bits per heavy atom. The first-order valence-electron chi connectivity index (χ1n) is 15.2. The molecule has 11 heteroatoms. The third-order valence-electron chi connectivity index (χ3n) is 7.70. The molecule has 2 rings (SSSR count). The summed E-state index contributed by atoms with van der Waals surface area (Å²) in [6, 6.07) is 16.2. The quantitative estimate of drug-likeness (QED) is 0.249. The molecule has 0 heterocycles. The number of carbonyl (C=O) groups is 3. The highest BCUT2D eigenvalue weighted by Crippen LogP contribution is 2.25. The van der Waals surface area contributed by atoms with Gasteiger partial charge in [0.1, 0.15) is 12.1 Å². The zero-order chi connectivity index (χ0) is 33.9. The third-order valence-corrected chi connectivity index (χ3v) is 7.70. The summed E-state index contributed by atoms with van der Waals surface area (Å²) in [5.74, 6) is -0.451. The lowest BCUT2D eigenvalue weighted by molar-refractivity contribution is -0.275. The Bertz CT molecular complexity index is 1210. The Balaban J connectivity index is 2.25. The van der Waals surface area contributed by atoms with Crippen LogP contribution in [0.25, 0.3) is 0 Å². The molecule has 0 saturated heterocycles. The van der Waals surface area contributed by atoms with Gasteiger partial charge < -0.3 is 40.4 Å². The first-order chi connectivity index (χ1) is 21.0. The molecule has 0 aromatic heterocycles. The van der Waals surface area contributed by atoms with Crippen LogP contribution in [0.4, 0.5) is 9.59 Å². The number of rotatable bonds is 14. The Hall–Kier alpha value is -3.67. The molecule has 11 nitrogen and oxygen atoms in total. The number of aliphatic hydroxyl groups excluding tert-OH is 2. The van der Waals surface area contributed by atoms with E-state index in [9.17, 15) is 29.7 Å². The number of carboxylic acid groups (broad SMARTS) is 1. The minimum absolute atomic E-state index is 0.0131. The van der Waals surface area contributed by atoms with Crippen molar-refractivity contribution in [2.24, 2.45) is 5.41 Å². The second-order valence-electron chi connectivity index (χ2n) is 13.5. The van der Waals surface area contributed by atoms with Crippen LogP contribution in [-0.2, 0) is 22.4 Å². The van der Waals surface area contributed by atoms with E-state index < -0.39 is 59.4 Å². The molecule has 3 amide bonds. The molecule has 0 aliphatic heterocycles. The van der Waals surface area contributed by atoms with Gasteiger partial charge >= 0.3 is 6.09 Å². The third kappa shape index (κ3) is 11.3. The van der Waals surface area contributed by atoms with Gasteiger partial charge in [-0.25, -0.2) is 4.79 Å². The minimum atomic E-state index is -1.39. The average Bonchev–Trinajstić information content (AvgIpc) is 2.95. The zero-order valence-corrected chi connectivity index (χ0v) is 27.8. The summed E-state index contributed by atoms with van der Waals surface area (Å²) in [4.78, 5) is 40.6. The summed E-state index contributed by atoms with van der Waals surface area (Å²) in [6.45, 7) is 10.7. The second-order valence-corrected chi connectivity index (χ2v) is 13.5. The molecular weight excluding hydrogens is 576 g/mol. The Labute approximate surface area is 267 Å². The van der Waals surface area contributed by atoms with Crippen LogP contribution in [0, 0.1) is 5.41 Å². The molecular formula is C34H51N4O7-. The number of hydrogen-bond acceptors (Lipinski definition) is 8. The van der Waals surface area contributed by atoms with Crippen molar-refractivity contribution in [3.05, 3.63) is 71.8 Å². The Morgan fingerprint density at radius 2 is 1.33 bits per heavy atom. The fraction of sp³-hybridized carbons (Fsp3) is 0.559. The van der Waals surface area contributed by atoms with Crippen molar-refractivity contribution >= 4 is 18.1 Å². The van der Waals surface area contributed by atoms with Crippen LogP contribution in [0.15, 0.2) is 60.7 Å². The monoisotopic (exact) mass is 627 g/mol. The van der Waals surface area contributed by atoms with Gasteiger partial charge in [-0.05, 0) is 50.2 Å². The number of ether oxygens (including phenoxy) is 1. The Kier molecular flexibility index (Phi) is 13.8. The summed E-state index contributed by atoms with van der Waals surface area (Å²) < 4.78 is 4.85. The predicted molar refractivity (Wildman–Crippen MR) is 171 cm³/mol. The second kappa shape index (κ2) is 16.6. The maximum Gasteiger partial charge on any atom is 0.409 e. The summed E-state index contributed by atoms with van der Waals surface area (Å²) >= 11 is 0. The van der Waals surface area contributed by atoms with Crippen LogP contribution in [0.3, 0.4) is 0 Å². The molecule has 250 valence electrons. The van der Waals surface area contributed by atoms with E-state index in [0.717, 1.165) is 16.0 Å². The van der Waals surface area contributed by atoms with E-state index in [0.29, 0.717) is 6.42 Å². The van der Waals surface area contributed by atoms with Gasteiger partial charge in [-0.1, -0.05) is 81.4 Å². The minimum Gasteiger partial charge on any atom is -0.530 e. The maximum atomic E-state index is 13.6. The number of carbonyl (C=O) groups excluding carboxylic acids is 3. The lowest BCUT2D eigenvalue weighted by Gasteiger charge is -2.45. The number of methoxy groups -OCH3 is 1. The number of amides is 3. The fourth-order valence-electron chi connectivity index (χ4n) is 5.63. The van der Waals surface area contributed by atoms with E-state index in [2.05, 4.69) is 10.6 Å². The van der Waals surface area contributed by atoms with Crippen molar-refractivity contribution in [1.82, 2.24) is 20.4 Å². The SMILES string of the molecule is COC(=O)N(C)[C@H](C(=O)N[C@@H](Cc1ccccc1)[C@H](O)CNC[C@@H](O)[C@H](Cc1ccccc1)N(C(=O)[O-])C(C)(C)C)C(C)(C)C. The van der Waals surface area contributed by atoms with E-state index in [4.69, 9.17) is 4.74 Å². The summed E-state index contributed by atoms with van der Waals surface area (Å²) in [7, 11) is 2.74. The first kappa shape index (κ1) is 37.5. The molecule has 45 heavy (non-hydrogen) atoms. The van der Waals surface area contributed by atoms with E-state index in [1.54, 1.807) is 20.8 Å². The van der Waals surface area contributed by atoms with E-state index >= 15 is 0 Å². The number of likely N-dealkylation sites (N-methyl/N-ethyl adjacent to an activating group) is 1. The van der Waals surface area contributed by atoms with Gasteiger partial charge in [0, 0.05) is 25.7 Å². The smallest absolute Gasteiger partial charge is 0.409 e. The highest BCUT2D eigenvalue weighted by atomic mass is 16.5. The normalized spacial score (nSPS) is 15.2. The number of hydrogen-bond donors (Lipinski definition) is 4. The molecule has 0 unspecified atom stereocenters. The molecule has 0 spiro atoms. The molecule has 5 atom stereocenters. The number of nitrogens with zero attached hydrogens (tertiary/aromatic N) is 2. The van der Waals surface area contributed by atoms with Gasteiger partial charge in [-0.2, -0.15) is 0 Å². The standard InChI is InChI=1S/C34H52N4O7/c1-33(2,3)29(37(7)32(44)45-8)30(41)36-25(19-23-15-11-9-12-16-23)27(39)21-35-22-28(40)26(20-24-17-13-10-14-18-24)38(31(42)43)34(4,5)6/h9-18,25-29,35,39-40H,19-22H2,1-8H3,(H,36,41)(H,42,43)/p-1/t25-,26-,27+,28+,29+/m0/s1. The molecule has 0 radical (unpaired) electrons. The molecule has 0 saturated carbocycles. The summed E-state index contributed by atoms with van der Waals surface area (Å²) in [5.41, 5.74) is 0.245. The molecule has 4 N–H and O–H groups in total. The van der Waals surface area contributed by atoms with E-state index in [1.165, 1.54) is 19.1 Å². The average molecular weight is 628 g/mol. The van der Waals surface area contributed by atoms with Crippen molar-refractivity contribution in [1.29, 1.82) is 0 Å². The molecule has 2 aromatic rings. The summed E-state index contributed by atoms with van der Waals surface area (Å²) in [5, 5.41) is 40.9. The Morgan fingerprint density at radius 1 is 0.844 bits per heavy atom. The maximum absolute atomic E-state index is 13.6. The number of aliphatic hydroxyl groups is 2. The lowest BCUT2D eigenvalue weighted by atomic mass is 9.85. The number of benzene rings is 2. The van der Waals surface area contributed by atoms with Gasteiger partial charge in [-0.3, -0.25) is 9.69 Å². The van der Waals surface area contributed by atoms with Crippen molar-refractivity contribution in [2.75, 3.05) is 27.2 Å². The molecule has 0 fully saturated rings. The first-order valence-corrected chi connectivity index (χ1v) is 15.2. The van der Waals surface area contributed by atoms with E-state index in [-0.39, 0.29) is 19.5 Å². The predicted octanol–water partition coefficient (Wildman–Crippen LogP) is 2.19. The molecule has 0 aliphatic rings. The molecule has 2 aromatic carbocycles. The highest BCUT2D eigenvalue weighted by molar-refractivity contribution is 5.86. The van der Waals surface area contributed by atoms with E-state index in [1.807, 2.05) is 81.4 Å². The molecule has 0 aliphatic carbocycles. The van der Waals surface area contributed by atoms with Crippen LogP contribution in [-0.4, -0.2) is 101 Å². The van der Waals surface area contributed by atoms with Crippen LogP contribution in [0.1, 0.15) is 52.7 Å². The van der Waals surface area contributed by atoms with Crippen LogP contribution < -0.4 is 15.7 Å². The van der Waals surface area contributed by atoms with Gasteiger partial charge in [-0.15, -0.1) is 0 Å². The highest BCUT2D eigenvalue weighted by Gasteiger charge is 2.39. The van der Waals surface area contributed by atoms with Crippen LogP contribution >= 0.6 is 0 Å². The van der Waals surface area contributed by atoms with Crippen molar-refractivity contribution in [3.8, 4) is 0 Å². The number of nitrogens with one attached hydrogen (secondary N) is 2. The largest absolute Gasteiger partial charge is 0.530 e. The molecule has 0 bridgehead atoms. The summed E-state index contributed by atoms with van der Waals surface area (Å²) in [6.07, 6.45) is -3.74. The van der Waals surface area contributed by atoms with Gasteiger partial charge in [0.05, 0.1) is 31.4 Å². The zero-order valence-electron chi connectivity index (χ0n) is 27.8. The van der Waals surface area contributed by atoms with Crippen molar-refractivity contribution in [2.45, 2.75) is 90.3 Å². The van der Waals surface area contributed by atoms with Crippen molar-refractivity contribution < 1.29 is 34.4 Å². The fourth-order valence-corrected chi connectivity index (χ4v) is 5.63. The van der Waals surface area contributed by atoms with Gasteiger partial charge in [0.2, 0.25) is 5.91 Å². The van der Waals surface area contributed by atoms with Crippen LogP contribution in [0.5, 0.6) is 0 Å².